The quantitative estimate of drug-likeness (QED) is 0.438. The zero-order valence-corrected chi connectivity index (χ0v) is 8.55. The molecule has 1 aromatic rings. The van der Waals surface area contributed by atoms with Crippen LogP contribution in [0.4, 0.5) is 15.8 Å². The molecule has 1 fully saturated rings. The Morgan fingerprint density at radius 1 is 1.29 bits per heavy atom. The van der Waals surface area contributed by atoms with Gasteiger partial charge in [-0.2, -0.15) is 0 Å². The highest BCUT2D eigenvalue weighted by Crippen LogP contribution is 2.25. The maximum absolute atomic E-state index is 13.1. The Kier molecular flexibility index (Phi) is 2.58. The second kappa shape index (κ2) is 3.93. The van der Waals surface area contributed by atoms with Crippen LogP contribution in [-0.2, 0) is 9.59 Å². The number of carbonyl (C=O) groups excluding carboxylic acids is 2. The number of non-ortho nitro benzene ring substituents is 1. The third-order valence-electron chi connectivity index (χ3n) is 2.37. The summed E-state index contributed by atoms with van der Waals surface area (Å²) < 4.78 is 13.1. The van der Waals surface area contributed by atoms with Crippen molar-refractivity contribution in [3.8, 4) is 0 Å². The number of ketones is 1. The summed E-state index contributed by atoms with van der Waals surface area (Å²) in [5.41, 5.74) is -0.417. The van der Waals surface area contributed by atoms with Gasteiger partial charge >= 0.3 is 0 Å². The maximum Gasteiger partial charge on any atom is 0.274 e. The van der Waals surface area contributed by atoms with Gasteiger partial charge in [0.15, 0.2) is 5.78 Å². The summed E-state index contributed by atoms with van der Waals surface area (Å²) in [6.07, 6.45) is -0.246. The summed E-state index contributed by atoms with van der Waals surface area (Å²) in [6, 6.07) is 2.81. The lowest BCUT2D eigenvalue weighted by Gasteiger charge is -2.14. The molecule has 2 rings (SSSR count). The number of halogens is 1. The van der Waals surface area contributed by atoms with E-state index >= 15 is 0 Å². The predicted octanol–water partition coefficient (Wildman–Crippen LogP) is 1.04. The molecule has 17 heavy (non-hydrogen) atoms. The standard InChI is InChI=1S/C10H7FN2O4/c11-6-1-7(3-8(2-6)13(16)17)12-5-9(14)4-10(12)15/h1-3H,4-5H2. The van der Waals surface area contributed by atoms with Crippen molar-refractivity contribution in [2.75, 3.05) is 11.4 Å². The molecule has 88 valence electrons. The van der Waals surface area contributed by atoms with E-state index in [1.807, 2.05) is 0 Å². The van der Waals surface area contributed by atoms with Crippen molar-refractivity contribution in [1.82, 2.24) is 0 Å². The zero-order valence-electron chi connectivity index (χ0n) is 8.55. The average Bonchev–Trinajstić information content (AvgIpc) is 2.57. The van der Waals surface area contributed by atoms with Crippen LogP contribution in [-0.4, -0.2) is 23.2 Å². The number of hydrogen-bond donors (Lipinski definition) is 0. The van der Waals surface area contributed by atoms with Crippen molar-refractivity contribution in [1.29, 1.82) is 0 Å². The molecule has 1 aromatic carbocycles. The number of nitrogens with zero attached hydrogens (tertiary/aromatic N) is 2. The molecular weight excluding hydrogens is 231 g/mol. The van der Waals surface area contributed by atoms with E-state index in [1.54, 1.807) is 0 Å². The molecule has 6 nitrogen and oxygen atoms in total. The van der Waals surface area contributed by atoms with E-state index in [2.05, 4.69) is 0 Å². The molecule has 0 aromatic heterocycles. The van der Waals surface area contributed by atoms with Crippen molar-refractivity contribution in [3.63, 3.8) is 0 Å². The molecule has 1 saturated heterocycles. The molecular formula is C10H7FN2O4. The summed E-state index contributed by atoms with van der Waals surface area (Å²) in [7, 11) is 0. The van der Waals surface area contributed by atoms with Gasteiger partial charge in [-0.15, -0.1) is 0 Å². The van der Waals surface area contributed by atoms with Crippen molar-refractivity contribution >= 4 is 23.1 Å². The van der Waals surface area contributed by atoms with Crippen LogP contribution < -0.4 is 4.90 Å². The third kappa shape index (κ3) is 2.12. The SMILES string of the molecule is O=C1CC(=O)N(c2cc(F)cc([N+](=O)[O-])c2)C1. The molecule has 0 N–H and O–H groups in total. The van der Waals surface area contributed by atoms with Gasteiger partial charge in [-0.3, -0.25) is 19.7 Å². The normalized spacial score (nSPS) is 15.5. The number of amides is 1. The average molecular weight is 238 g/mol. The van der Waals surface area contributed by atoms with Crippen LogP contribution in [0.5, 0.6) is 0 Å². The molecule has 0 saturated carbocycles. The molecule has 0 bridgehead atoms. The van der Waals surface area contributed by atoms with Gasteiger partial charge in [0, 0.05) is 6.07 Å². The number of nitro benzene ring substituents is 1. The molecule has 0 atom stereocenters. The van der Waals surface area contributed by atoms with E-state index in [0.717, 1.165) is 23.1 Å². The van der Waals surface area contributed by atoms with Crippen molar-refractivity contribution in [2.24, 2.45) is 0 Å². The summed E-state index contributed by atoms with van der Waals surface area (Å²) in [5, 5.41) is 10.5. The first-order chi connectivity index (χ1) is 7.97. The highest BCUT2D eigenvalue weighted by molar-refractivity contribution is 6.15. The number of Topliss-reactive ketones (excluding diaryl/α,β-unsaturated/α-hetero) is 1. The van der Waals surface area contributed by atoms with Gasteiger partial charge in [-0.1, -0.05) is 0 Å². The van der Waals surface area contributed by atoms with Crippen molar-refractivity contribution < 1.29 is 18.9 Å². The van der Waals surface area contributed by atoms with E-state index in [9.17, 15) is 24.1 Å². The molecule has 0 spiro atoms. The van der Waals surface area contributed by atoms with Gasteiger partial charge in [-0.05, 0) is 6.07 Å². The molecule has 0 unspecified atom stereocenters. The Balaban J connectivity index is 2.42. The molecule has 1 aliphatic heterocycles. The van der Waals surface area contributed by atoms with E-state index in [0.29, 0.717) is 0 Å². The highest BCUT2D eigenvalue weighted by Gasteiger charge is 2.29. The number of nitro groups is 1. The Morgan fingerprint density at radius 3 is 2.53 bits per heavy atom. The van der Waals surface area contributed by atoms with Gasteiger partial charge in [0.2, 0.25) is 5.91 Å². The largest absolute Gasteiger partial charge is 0.304 e. The van der Waals surface area contributed by atoms with Crippen LogP contribution in [0.15, 0.2) is 18.2 Å². The number of rotatable bonds is 2. The fourth-order valence-corrected chi connectivity index (χ4v) is 1.64. The molecule has 1 aliphatic rings. The fraction of sp³-hybridized carbons (Fsp3) is 0.200. The van der Waals surface area contributed by atoms with Gasteiger partial charge in [-0.25, -0.2) is 4.39 Å². The Hall–Kier alpha value is -2.31. The lowest BCUT2D eigenvalue weighted by atomic mass is 10.2. The minimum atomic E-state index is -0.818. The summed E-state index contributed by atoms with van der Waals surface area (Å²) in [5.74, 6) is -1.59. The van der Waals surface area contributed by atoms with Crippen LogP contribution in [0.2, 0.25) is 0 Å². The second-order valence-corrected chi connectivity index (χ2v) is 3.62. The molecule has 1 heterocycles. The van der Waals surface area contributed by atoms with Crippen molar-refractivity contribution in [3.05, 3.63) is 34.1 Å². The van der Waals surface area contributed by atoms with E-state index in [4.69, 9.17) is 0 Å². The third-order valence-corrected chi connectivity index (χ3v) is 2.37. The maximum atomic E-state index is 13.1. The summed E-state index contributed by atoms with van der Waals surface area (Å²) >= 11 is 0. The first kappa shape index (κ1) is 11.2. The van der Waals surface area contributed by atoms with Crippen LogP contribution in [0, 0.1) is 15.9 Å². The van der Waals surface area contributed by atoms with Gasteiger partial charge in [0.05, 0.1) is 29.6 Å². The van der Waals surface area contributed by atoms with E-state index < -0.39 is 22.3 Å². The zero-order chi connectivity index (χ0) is 12.6. The Bertz CT molecular complexity index is 529. The van der Waals surface area contributed by atoms with Crippen LogP contribution in [0.1, 0.15) is 6.42 Å². The summed E-state index contributed by atoms with van der Waals surface area (Å²) in [4.78, 5) is 33.3. The monoisotopic (exact) mass is 238 g/mol. The van der Waals surface area contributed by atoms with Crippen LogP contribution in [0.25, 0.3) is 0 Å². The van der Waals surface area contributed by atoms with Crippen LogP contribution in [0.3, 0.4) is 0 Å². The van der Waals surface area contributed by atoms with Crippen LogP contribution >= 0.6 is 0 Å². The minimum Gasteiger partial charge on any atom is -0.304 e. The molecule has 7 heteroatoms. The Morgan fingerprint density at radius 2 is 2.00 bits per heavy atom. The lowest BCUT2D eigenvalue weighted by molar-refractivity contribution is -0.385. The smallest absolute Gasteiger partial charge is 0.274 e. The lowest BCUT2D eigenvalue weighted by Crippen LogP contribution is -2.24. The topological polar surface area (TPSA) is 80.5 Å². The number of hydrogen-bond acceptors (Lipinski definition) is 4. The van der Waals surface area contributed by atoms with E-state index in [1.165, 1.54) is 0 Å². The minimum absolute atomic E-state index is 0.0348. The first-order valence-electron chi connectivity index (χ1n) is 4.74. The van der Waals surface area contributed by atoms with E-state index in [-0.39, 0.29) is 24.4 Å². The van der Waals surface area contributed by atoms with Gasteiger partial charge < -0.3 is 4.90 Å². The predicted molar refractivity (Wildman–Crippen MR) is 55.0 cm³/mol. The molecule has 0 aliphatic carbocycles. The fourth-order valence-electron chi connectivity index (χ4n) is 1.64. The first-order valence-corrected chi connectivity index (χ1v) is 4.74. The Labute approximate surface area is 94.8 Å². The summed E-state index contributed by atoms with van der Waals surface area (Å²) in [6.45, 7) is -0.167. The van der Waals surface area contributed by atoms with Gasteiger partial charge in [0.25, 0.3) is 5.69 Å². The van der Waals surface area contributed by atoms with Crippen molar-refractivity contribution in [2.45, 2.75) is 6.42 Å². The number of benzene rings is 1. The van der Waals surface area contributed by atoms with Gasteiger partial charge in [0.1, 0.15) is 5.82 Å². The molecule has 0 radical (unpaired) electrons. The second-order valence-electron chi connectivity index (χ2n) is 3.62. The highest BCUT2D eigenvalue weighted by atomic mass is 19.1. The molecule has 1 amide bonds. The number of anilines is 1. The number of carbonyl (C=O) groups is 2.